The molecular weight excluding hydrogens is 685 g/mol. The first-order chi connectivity index (χ1) is 27.8. The lowest BCUT2D eigenvalue weighted by Crippen LogP contribution is -2.47. The van der Waals surface area contributed by atoms with Crippen molar-refractivity contribution in [3.63, 3.8) is 0 Å². The molecule has 2 aliphatic heterocycles. The molecule has 0 saturated heterocycles. The van der Waals surface area contributed by atoms with E-state index >= 15 is 0 Å². The van der Waals surface area contributed by atoms with Crippen molar-refractivity contribution in [3.05, 3.63) is 210 Å². The second-order valence-corrected chi connectivity index (χ2v) is 14.5. The SMILES string of the molecule is C1=CC(c2ccccc2)Nc2c1c1ccc3c4ccccc4n(C4=NC(c5cccc(-c6ccccc6)c5)NC(c5ccccc5)N4)c3c1n2-c1ccccc1. The van der Waals surface area contributed by atoms with E-state index in [1.54, 1.807) is 0 Å². The highest BCUT2D eigenvalue weighted by Gasteiger charge is 2.31. The number of anilines is 1. The molecule has 4 heterocycles. The van der Waals surface area contributed by atoms with Gasteiger partial charge in [-0.15, -0.1) is 0 Å². The van der Waals surface area contributed by atoms with E-state index in [-0.39, 0.29) is 18.4 Å². The van der Waals surface area contributed by atoms with Gasteiger partial charge in [0, 0.05) is 27.4 Å². The highest BCUT2D eigenvalue weighted by molar-refractivity contribution is 6.23. The van der Waals surface area contributed by atoms with Gasteiger partial charge in [0.15, 0.2) is 0 Å². The van der Waals surface area contributed by atoms with Crippen molar-refractivity contribution in [2.24, 2.45) is 4.99 Å². The average molecular weight is 723 g/mol. The maximum atomic E-state index is 5.57. The van der Waals surface area contributed by atoms with E-state index in [4.69, 9.17) is 4.99 Å². The van der Waals surface area contributed by atoms with Gasteiger partial charge < -0.3 is 10.6 Å². The second kappa shape index (κ2) is 13.3. The molecule has 0 bridgehead atoms. The Morgan fingerprint density at radius 1 is 0.482 bits per heavy atom. The standard InChI is InChI=1S/C50H38N6/c1-5-16-33(17-6-1)36-22-15-23-37(32-36)48-52-47(35-20-9-3-10-21-35)53-50(54-48)56-44-27-14-13-26-39(44)40-28-29-41-42-30-31-43(34-18-7-2-8-19-34)51-49(42)55(45(41)46(40)56)38-24-11-4-12-25-38/h1-32,43,47-48,51-52H,(H,53,54). The van der Waals surface area contributed by atoms with E-state index in [0.29, 0.717) is 0 Å². The third kappa shape index (κ3) is 5.34. The van der Waals surface area contributed by atoms with Crippen LogP contribution in [0.25, 0.3) is 55.6 Å². The maximum Gasteiger partial charge on any atom is 0.206 e. The number of aliphatic imine (C=N–C) groups is 1. The van der Waals surface area contributed by atoms with Crippen molar-refractivity contribution in [2.75, 3.05) is 5.32 Å². The number of aromatic nitrogens is 2. The van der Waals surface area contributed by atoms with Gasteiger partial charge in [-0.1, -0.05) is 170 Å². The number of fused-ring (bicyclic) bond motifs is 7. The number of rotatable bonds is 5. The minimum Gasteiger partial charge on any atom is -0.360 e. The third-order valence-corrected chi connectivity index (χ3v) is 11.2. The van der Waals surface area contributed by atoms with Gasteiger partial charge in [-0.3, -0.25) is 14.5 Å². The molecule has 2 aliphatic rings. The normalized spacial score (nSPS) is 17.7. The van der Waals surface area contributed by atoms with E-state index in [9.17, 15) is 0 Å². The zero-order valence-electron chi connectivity index (χ0n) is 30.5. The van der Waals surface area contributed by atoms with Crippen LogP contribution in [0, 0.1) is 0 Å². The van der Waals surface area contributed by atoms with Crippen molar-refractivity contribution in [1.82, 2.24) is 19.8 Å². The Morgan fingerprint density at radius 2 is 1.11 bits per heavy atom. The first-order valence-corrected chi connectivity index (χ1v) is 19.3. The summed E-state index contributed by atoms with van der Waals surface area (Å²) in [6.45, 7) is 0. The number of nitrogens with zero attached hydrogens (tertiary/aromatic N) is 3. The van der Waals surface area contributed by atoms with Crippen molar-refractivity contribution in [3.8, 4) is 16.8 Å². The largest absolute Gasteiger partial charge is 0.360 e. The molecule has 268 valence electrons. The fourth-order valence-corrected chi connectivity index (χ4v) is 8.62. The molecule has 56 heavy (non-hydrogen) atoms. The predicted octanol–water partition coefficient (Wildman–Crippen LogP) is 11.4. The molecule has 0 amide bonds. The lowest BCUT2D eigenvalue weighted by Gasteiger charge is -2.33. The van der Waals surface area contributed by atoms with Crippen LogP contribution in [0.5, 0.6) is 0 Å². The van der Waals surface area contributed by atoms with Gasteiger partial charge >= 0.3 is 0 Å². The van der Waals surface area contributed by atoms with Gasteiger partial charge in [0.1, 0.15) is 18.1 Å². The van der Waals surface area contributed by atoms with Gasteiger partial charge in [-0.25, -0.2) is 4.99 Å². The zero-order chi connectivity index (χ0) is 37.0. The van der Waals surface area contributed by atoms with Crippen LogP contribution in [-0.4, -0.2) is 15.1 Å². The van der Waals surface area contributed by atoms with Crippen LogP contribution in [0.15, 0.2) is 193 Å². The van der Waals surface area contributed by atoms with Gasteiger partial charge in [-0.2, -0.15) is 0 Å². The summed E-state index contributed by atoms with van der Waals surface area (Å²) in [4.78, 5) is 5.57. The van der Waals surface area contributed by atoms with E-state index < -0.39 is 0 Å². The minimum atomic E-state index is -0.319. The number of nitrogens with one attached hydrogen (secondary N) is 3. The summed E-state index contributed by atoms with van der Waals surface area (Å²) in [5, 5.41) is 15.2. The van der Waals surface area contributed by atoms with Crippen LogP contribution in [0.4, 0.5) is 5.82 Å². The summed E-state index contributed by atoms with van der Waals surface area (Å²) < 4.78 is 4.78. The summed E-state index contributed by atoms with van der Waals surface area (Å²) in [6.07, 6.45) is 4.06. The number of hydrogen-bond acceptors (Lipinski definition) is 4. The summed E-state index contributed by atoms with van der Waals surface area (Å²) in [5.41, 5.74) is 11.4. The highest BCUT2D eigenvalue weighted by Crippen LogP contribution is 2.45. The molecule has 2 aromatic heterocycles. The summed E-state index contributed by atoms with van der Waals surface area (Å²) in [6, 6.07) is 64.6. The first kappa shape index (κ1) is 32.3. The molecule has 3 unspecified atom stereocenters. The minimum absolute atomic E-state index is 0.0336. The lowest BCUT2D eigenvalue weighted by molar-refractivity contribution is 0.403. The second-order valence-electron chi connectivity index (χ2n) is 14.5. The maximum absolute atomic E-state index is 5.57. The molecule has 11 rings (SSSR count). The van der Waals surface area contributed by atoms with Crippen molar-refractivity contribution in [2.45, 2.75) is 18.4 Å². The quantitative estimate of drug-likeness (QED) is 0.166. The molecule has 3 N–H and O–H groups in total. The molecule has 0 fully saturated rings. The lowest BCUT2D eigenvalue weighted by atomic mass is 10.0. The fraction of sp³-hybridized carbons (Fsp3) is 0.0600. The molecule has 0 saturated carbocycles. The third-order valence-electron chi connectivity index (χ3n) is 11.2. The number of para-hydroxylation sites is 2. The molecule has 7 aromatic carbocycles. The Morgan fingerprint density at radius 3 is 1.89 bits per heavy atom. The summed E-state index contributed by atoms with van der Waals surface area (Å²) in [7, 11) is 0. The Kier molecular flexibility index (Phi) is 7.67. The fourth-order valence-electron chi connectivity index (χ4n) is 8.62. The molecule has 3 atom stereocenters. The smallest absolute Gasteiger partial charge is 0.206 e. The van der Waals surface area contributed by atoms with Crippen LogP contribution in [0.3, 0.4) is 0 Å². The van der Waals surface area contributed by atoms with Crippen LogP contribution >= 0.6 is 0 Å². The van der Waals surface area contributed by atoms with Crippen LogP contribution in [-0.2, 0) is 0 Å². The molecule has 0 radical (unpaired) electrons. The van der Waals surface area contributed by atoms with Crippen molar-refractivity contribution >= 4 is 50.6 Å². The summed E-state index contributed by atoms with van der Waals surface area (Å²) >= 11 is 0. The summed E-state index contributed by atoms with van der Waals surface area (Å²) in [5.74, 6) is 1.86. The molecule has 9 aromatic rings. The number of benzene rings is 7. The van der Waals surface area contributed by atoms with E-state index in [0.717, 1.165) is 50.7 Å². The molecule has 6 nitrogen and oxygen atoms in total. The van der Waals surface area contributed by atoms with Gasteiger partial charge in [0.25, 0.3) is 0 Å². The predicted molar refractivity (Wildman–Crippen MR) is 231 cm³/mol. The Hall–Kier alpha value is -7.15. The Bertz CT molecular complexity index is 2940. The first-order valence-electron chi connectivity index (χ1n) is 19.3. The molecule has 0 aliphatic carbocycles. The topological polar surface area (TPSA) is 58.3 Å². The van der Waals surface area contributed by atoms with Crippen molar-refractivity contribution in [1.29, 1.82) is 0 Å². The van der Waals surface area contributed by atoms with E-state index in [2.05, 4.69) is 219 Å². The van der Waals surface area contributed by atoms with Crippen molar-refractivity contribution < 1.29 is 0 Å². The Balaban J connectivity index is 1.18. The van der Waals surface area contributed by atoms with Gasteiger partial charge in [-0.05, 0) is 52.1 Å². The molecule has 0 spiro atoms. The monoisotopic (exact) mass is 722 g/mol. The number of hydrogen-bond donors (Lipinski definition) is 3. The Labute approximate surface area is 325 Å². The molecular formula is C50H38N6. The van der Waals surface area contributed by atoms with E-state index in [1.165, 1.54) is 32.8 Å². The highest BCUT2D eigenvalue weighted by atomic mass is 15.4. The zero-order valence-corrected chi connectivity index (χ0v) is 30.5. The average Bonchev–Trinajstić information content (AvgIpc) is 3.80. The van der Waals surface area contributed by atoms with E-state index in [1.807, 2.05) is 0 Å². The van der Waals surface area contributed by atoms with Crippen LogP contribution in [0.2, 0.25) is 0 Å². The molecule has 6 heteroatoms. The van der Waals surface area contributed by atoms with Gasteiger partial charge in [0.2, 0.25) is 5.96 Å². The van der Waals surface area contributed by atoms with Gasteiger partial charge in [0.05, 0.1) is 22.6 Å². The van der Waals surface area contributed by atoms with Crippen LogP contribution < -0.4 is 16.0 Å². The van der Waals surface area contributed by atoms with Crippen LogP contribution in [0.1, 0.15) is 40.6 Å².